The van der Waals surface area contributed by atoms with E-state index in [9.17, 15) is 9.59 Å². The van der Waals surface area contributed by atoms with Gasteiger partial charge in [-0.25, -0.2) is 9.79 Å². The first-order valence-electron chi connectivity index (χ1n) is 5.32. The number of nitrogens with zero attached hydrogens (tertiary/aromatic N) is 1. The van der Waals surface area contributed by atoms with Crippen molar-refractivity contribution in [2.24, 2.45) is 4.99 Å². The molecule has 0 spiro atoms. The number of cyclic esters (lactones) is 1. The molecular weight excluding hydrogens is 234 g/mol. The summed E-state index contributed by atoms with van der Waals surface area (Å²) >= 11 is 0. The monoisotopic (exact) mass is 245 g/mol. The van der Waals surface area contributed by atoms with Gasteiger partial charge in [0.1, 0.15) is 5.75 Å². The number of rotatable bonds is 2. The quantitative estimate of drug-likeness (QED) is 0.453. The van der Waals surface area contributed by atoms with Crippen LogP contribution < -0.4 is 4.74 Å². The topological polar surface area (TPSA) is 65.0 Å². The molecule has 5 nitrogen and oxygen atoms in total. The van der Waals surface area contributed by atoms with Gasteiger partial charge >= 0.3 is 11.9 Å². The molecule has 1 aliphatic heterocycles. The van der Waals surface area contributed by atoms with Gasteiger partial charge in [0, 0.05) is 13.8 Å². The van der Waals surface area contributed by atoms with Gasteiger partial charge in [-0.1, -0.05) is 12.1 Å². The first-order valence-corrected chi connectivity index (χ1v) is 5.32. The fourth-order valence-electron chi connectivity index (χ4n) is 1.51. The SMILES string of the molecule is CC(=O)Oc1cccc(/C=C2\N=C(C)OC2=O)c1. The maximum atomic E-state index is 11.4. The van der Waals surface area contributed by atoms with Gasteiger partial charge in [0.25, 0.3) is 0 Å². The van der Waals surface area contributed by atoms with Crippen molar-refractivity contribution in [2.75, 3.05) is 0 Å². The highest BCUT2D eigenvalue weighted by molar-refractivity contribution is 6.06. The van der Waals surface area contributed by atoms with E-state index in [-0.39, 0.29) is 5.70 Å². The maximum absolute atomic E-state index is 11.4. The highest BCUT2D eigenvalue weighted by Gasteiger charge is 2.19. The normalized spacial score (nSPS) is 16.4. The lowest BCUT2D eigenvalue weighted by atomic mass is 10.2. The minimum absolute atomic E-state index is 0.229. The predicted molar refractivity (Wildman–Crippen MR) is 64.9 cm³/mol. The molecule has 0 saturated heterocycles. The van der Waals surface area contributed by atoms with Crippen molar-refractivity contribution >= 4 is 23.9 Å². The van der Waals surface area contributed by atoms with Gasteiger partial charge in [-0.05, 0) is 23.8 Å². The van der Waals surface area contributed by atoms with E-state index in [1.807, 2.05) is 0 Å². The zero-order chi connectivity index (χ0) is 13.1. The average Bonchev–Trinajstić information content (AvgIpc) is 2.57. The molecule has 1 aromatic rings. The van der Waals surface area contributed by atoms with Crippen molar-refractivity contribution in [1.29, 1.82) is 0 Å². The summed E-state index contributed by atoms with van der Waals surface area (Å²) in [6.07, 6.45) is 1.58. The Morgan fingerprint density at radius 1 is 1.44 bits per heavy atom. The molecule has 92 valence electrons. The number of benzene rings is 1. The second kappa shape index (κ2) is 4.83. The summed E-state index contributed by atoms with van der Waals surface area (Å²) in [4.78, 5) is 26.1. The van der Waals surface area contributed by atoms with E-state index in [4.69, 9.17) is 9.47 Å². The van der Waals surface area contributed by atoms with E-state index in [2.05, 4.69) is 4.99 Å². The van der Waals surface area contributed by atoms with Crippen molar-refractivity contribution in [1.82, 2.24) is 0 Å². The third-order valence-electron chi connectivity index (χ3n) is 2.15. The second-order valence-electron chi connectivity index (χ2n) is 3.72. The summed E-state index contributed by atoms with van der Waals surface area (Å²) < 4.78 is 9.75. The fraction of sp³-hybridized carbons (Fsp3) is 0.154. The molecule has 1 heterocycles. The molecule has 0 aliphatic carbocycles. The largest absolute Gasteiger partial charge is 0.427 e. The smallest absolute Gasteiger partial charge is 0.363 e. The van der Waals surface area contributed by atoms with Gasteiger partial charge in [-0.2, -0.15) is 0 Å². The minimum Gasteiger partial charge on any atom is -0.427 e. The molecule has 1 aromatic carbocycles. The van der Waals surface area contributed by atoms with Crippen LogP contribution in [0.15, 0.2) is 35.0 Å². The maximum Gasteiger partial charge on any atom is 0.363 e. The summed E-state index contributed by atoms with van der Waals surface area (Å²) in [5.74, 6) is -0.134. The van der Waals surface area contributed by atoms with Crippen LogP contribution in [0.25, 0.3) is 6.08 Å². The van der Waals surface area contributed by atoms with Crippen molar-refractivity contribution in [3.05, 3.63) is 35.5 Å². The number of hydrogen-bond acceptors (Lipinski definition) is 5. The molecule has 0 N–H and O–H groups in total. The molecule has 0 bridgehead atoms. The molecule has 0 saturated carbocycles. The lowest BCUT2D eigenvalue weighted by Gasteiger charge is -2.01. The molecule has 5 heteroatoms. The van der Waals surface area contributed by atoms with Gasteiger partial charge in [0.15, 0.2) is 11.6 Å². The first-order chi connectivity index (χ1) is 8.54. The van der Waals surface area contributed by atoms with Crippen LogP contribution in [0.3, 0.4) is 0 Å². The summed E-state index contributed by atoms with van der Waals surface area (Å²) in [5.41, 5.74) is 0.937. The van der Waals surface area contributed by atoms with E-state index >= 15 is 0 Å². The highest BCUT2D eigenvalue weighted by Crippen LogP contribution is 2.19. The molecular formula is C13H11NO4. The standard InChI is InChI=1S/C13H11NO4/c1-8-14-12(13(16)17-8)7-10-4-3-5-11(6-10)18-9(2)15/h3-7H,1-2H3/b12-7-. The molecule has 0 fully saturated rings. The second-order valence-corrected chi connectivity index (χ2v) is 3.72. The zero-order valence-electron chi connectivity index (χ0n) is 9.97. The number of carbonyl (C=O) groups is 2. The van der Waals surface area contributed by atoms with E-state index in [1.165, 1.54) is 6.92 Å². The molecule has 0 aromatic heterocycles. The van der Waals surface area contributed by atoms with Gasteiger partial charge in [-0.3, -0.25) is 4.79 Å². The zero-order valence-corrected chi connectivity index (χ0v) is 9.97. The molecule has 2 rings (SSSR count). The first kappa shape index (κ1) is 12.0. The number of carbonyl (C=O) groups excluding carboxylic acids is 2. The lowest BCUT2D eigenvalue weighted by Crippen LogP contribution is -2.01. The number of aliphatic imine (C=N–C) groups is 1. The van der Waals surface area contributed by atoms with Crippen molar-refractivity contribution < 1.29 is 19.1 Å². The summed E-state index contributed by atoms with van der Waals surface area (Å²) in [7, 11) is 0. The van der Waals surface area contributed by atoms with E-state index < -0.39 is 11.9 Å². The molecule has 0 atom stereocenters. The highest BCUT2D eigenvalue weighted by atomic mass is 16.6. The van der Waals surface area contributed by atoms with E-state index in [0.717, 1.165) is 0 Å². The van der Waals surface area contributed by atoms with Crippen LogP contribution in [0.5, 0.6) is 5.75 Å². The van der Waals surface area contributed by atoms with Gasteiger partial charge in [-0.15, -0.1) is 0 Å². The Morgan fingerprint density at radius 2 is 2.22 bits per heavy atom. The predicted octanol–water partition coefficient (Wildman–Crippen LogP) is 1.93. The van der Waals surface area contributed by atoms with Crippen LogP contribution in [0.1, 0.15) is 19.4 Å². The summed E-state index contributed by atoms with van der Waals surface area (Å²) in [6, 6.07) is 6.80. The van der Waals surface area contributed by atoms with Gasteiger partial charge in [0.05, 0.1) is 0 Å². The van der Waals surface area contributed by atoms with Gasteiger partial charge in [0.2, 0.25) is 0 Å². The third-order valence-corrected chi connectivity index (χ3v) is 2.15. The van der Waals surface area contributed by atoms with E-state index in [0.29, 0.717) is 17.2 Å². The molecule has 0 unspecified atom stereocenters. The van der Waals surface area contributed by atoms with Crippen LogP contribution in [-0.2, 0) is 14.3 Å². The molecule has 1 aliphatic rings. The number of hydrogen-bond donors (Lipinski definition) is 0. The summed E-state index contributed by atoms with van der Waals surface area (Å²) in [6.45, 7) is 2.93. The van der Waals surface area contributed by atoms with Crippen LogP contribution >= 0.6 is 0 Å². The van der Waals surface area contributed by atoms with Gasteiger partial charge < -0.3 is 9.47 Å². The lowest BCUT2D eigenvalue weighted by molar-refractivity contribution is -0.132. The Hall–Kier alpha value is -2.43. The van der Waals surface area contributed by atoms with Crippen molar-refractivity contribution in [2.45, 2.75) is 13.8 Å². The Bertz CT molecular complexity index is 572. The van der Waals surface area contributed by atoms with E-state index in [1.54, 1.807) is 37.3 Å². The minimum atomic E-state index is -0.481. The average molecular weight is 245 g/mol. The third kappa shape index (κ3) is 2.82. The van der Waals surface area contributed by atoms with Crippen molar-refractivity contribution in [3.63, 3.8) is 0 Å². The van der Waals surface area contributed by atoms with Crippen LogP contribution in [0, 0.1) is 0 Å². The van der Waals surface area contributed by atoms with Crippen LogP contribution in [0.4, 0.5) is 0 Å². The molecule has 0 radical (unpaired) electrons. The fourth-order valence-corrected chi connectivity index (χ4v) is 1.51. The number of esters is 2. The van der Waals surface area contributed by atoms with Crippen LogP contribution in [-0.4, -0.2) is 17.8 Å². The molecule has 0 amide bonds. The summed E-state index contributed by atoms with van der Waals surface area (Å²) in [5, 5.41) is 0. The Balaban J connectivity index is 2.27. The molecule has 18 heavy (non-hydrogen) atoms. The van der Waals surface area contributed by atoms with Crippen LogP contribution in [0.2, 0.25) is 0 Å². The Morgan fingerprint density at radius 3 is 2.83 bits per heavy atom. The Kier molecular flexibility index (Phi) is 3.23. The van der Waals surface area contributed by atoms with Crippen molar-refractivity contribution in [3.8, 4) is 5.75 Å². The Labute approximate surface area is 104 Å². The number of ether oxygens (including phenoxy) is 2.